The van der Waals surface area contributed by atoms with Gasteiger partial charge in [0.15, 0.2) is 5.78 Å². The zero-order valence-electron chi connectivity index (χ0n) is 11.4. The lowest BCUT2D eigenvalue weighted by molar-refractivity contribution is 0.0949. The predicted octanol–water partition coefficient (Wildman–Crippen LogP) is 3.14. The first-order valence-corrected chi connectivity index (χ1v) is 7.65. The number of thioether (sulfide) groups is 1. The Morgan fingerprint density at radius 1 is 1.42 bits per heavy atom. The second-order valence-corrected chi connectivity index (χ2v) is 6.25. The monoisotopic (exact) mass is 277 g/mol. The molecule has 0 saturated carbocycles. The van der Waals surface area contributed by atoms with Gasteiger partial charge in [0.1, 0.15) is 0 Å². The van der Waals surface area contributed by atoms with Crippen LogP contribution < -0.4 is 5.32 Å². The number of fused-ring (bicyclic) bond motifs is 1. The first kappa shape index (κ1) is 14.1. The third-order valence-electron chi connectivity index (χ3n) is 3.14. The largest absolute Gasteiger partial charge is 0.352 e. The molecule has 3 nitrogen and oxygen atoms in total. The molecule has 0 saturated heterocycles. The minimum absolute atomic E-state index is 0.0697. The molecule has 19 heavy (non-hydrogen) atoms. The van der Waals surface area contributed by atoms with E-state index in [0.29, 0.717) is 30.0 Å². The number of carbonyl (C=O) groups is 2. The Morgan fingerprint density at radius 3 is 2.95 bits per heavy atom. The van der Waals surface area contributed by atoms with Crippen LogP contribution in [0.3, 0.4) is 0 Å². The lowest BCUT2D eigenvalue weighted by atomic mass is 10.0. The average molecular weight is 277 g/mol. The fraction of sp³-hybridized carbons (Fsp3) is 0.467. The molecule has 1 aliphatic heterocycles. The van der Waals surface area contributed by atoms with Gasteiger partial charge in [-0.25, -0.2) is 0 Å². The molecule has 1 amide bonds. The summed E-state index contributed by atoms with van der Waals surface area (Å²) in [5.74, 6) is 1.41. The molecule has 0 unspecified atom stereocenters. The maximum absolute atomic E-state index is 12.2. The third kappa shape index (κ3) is 3.38. The fourth-order valence-electron chi connectivity index (χ4n) is 2.04. The number of carbonyl (C=O) groups excluding carboxylic acids is 2. The van der Waals surface area contributed by atoms with E-state index >= 15 is 0 Å². The SMILES string of the molecule is CC(C)CCNC(=O)c1cccc2c1SCCC2=O. The second kappa shape index (κ2) is 6.24. The molecule has 1 heterocycles. The Morgan fingerprint density at radius 2 is 2.21 bits per heavy atom. The zero-order valence-corrected chi connectivity index (χ0v) is 12.2. The van der Waals surface area contributed by atoms with Gasteiger partial charge >= 0.3 is 0 Å². The van der Waals surface area contributed by atoms with Crippen LogP contribution in [0.25, 0.3) is 0 Å². The van der Waals surface area contributed by atoms with Gasteiger partial charge in [-0.15, -0.1) is 11.8 Å². The molecule has 1 aromatic carbocycles. The molecule has 0 aromatic heterocycles. The van der Waals surface area contributed by atoms with Crippen LogP contribution in [0.1, 0.15) is 47.4 Å². The summed E-state index contributed by atoms with van der Waals surface area (Å²) in [5.41, 5.74) is 1.34. The van der Waals surface area contributed by atoms with E-state index in [0.717, 1.165) is 17.1 Å². The molecular weight excluding hydrogens is 258 g/mol. The maximum Gasteiger partial charge on any atom is 0.252 e. The van der Waals surface area contributed by atoms with Gasteiger partial charge in [0.25, 0.3) is 5.91 Å². The van der Waals surface area contributed by atoms with Gasteiger partial charge in [-0.1, -0.05) is 26.0 Å². The quantitative estimate of drug-likeness (QED) is 0.919. The van der Waals surface area contributed by atoms with Crippen LogP contribution in [0.4, 0.5) is 0 Å². The summed E-state index contributed by atoms with van der Waals surface area (Å²) in [5, 5.41) is 2.93. The Labute approximate surface area is 118 Å². The Bertz CT molecular complexity index is 497. The molecule has 0 atom stereocenters. The van der Waals surface area contributed by atoms with E-state index < -0.39 is 0 Å². The molecule has 1 N–H and O–H groups in total. The normalized spacial score (nSPS) is 14.4. The topological polar surface area (TPSA) is 46.2 Å². The van der Waals surface area contributed by atoms with Gasteiger partial charge in [0, 0.05) is 29.2 Å². The highest BCUT2D eigenvalue weighted by Gasteiger charge is 2.22. The molecule has 102 valence electrons. The summed E-state index contributed by atoms with van der Waals surface area (Å²) in [6.45, 7) is 4.94. The summed E-state index contributed by atoms with van der Waals surface area (Å²) in [7, 11) is 0. The van der Waals surface area contributed by atoms with Gasteiger partial charge < -0.3 is 5.32 Å². The van der Waals surface area contributed by atoms with Crippen molar-refractivity contribution in [2.24, 2.45) is 5.92 Å². The lowest BCUT2D eigenvalue weighted by Crippen LogP contribution is -2.26. The first-order valence-electron chi connectivity index (χ1n) is 6.67. The van der Waals surface area contributed by atoms with Gasteiger partial charge in [-0.2, -0.15) is 0 Å². The maximum atomic E-state index is 12.2. The van der Waals surface area contributed by atoms with Crippen LogP contribution in [-0.4, -0.2) is 24.0 Å². The van der Waals surface area contributed by atoms with Crippen molar-refractivity contribution < 1.29 is 9.59 Å². The molecule has 1 aliphatic rings. The van der Waals surface area contributed by atoms with Crippen LogP contribution in [0.5, 0.6) is 0 Å². The number of rotatable bonds is 4. The van der Waals surface area contributed by atoms with Gasteiger partial charge in [-0.3, -0.25) is 9.59 Å². The molecule has 0 fully saturated rings. The third-order valence-corrected chi connectivity index (χ3v) is 4.28. The van der Waals surface area contributed by atoms with Crippen LogP contribution in [0, 0.1) is 5.92 Å². The number of ketones is 1. The summed E-state index contributed by atoms with van der Waals surface area (Å²) in [6, 6.07) is 5.41. The second-order valence-electron chi connectivity index (χ2n) is 5.14. The Kier molecular flexibility index (Phi) is 4.64. The molecular formula is C15H19NO2S. The van der Waals surface area contributed by atoms with Crippen molar-refractivity contribution in [2.75, 3.05) is 12.3 Å². The molecule has 0 spiro atoms. The predicted molar refractivity (Wildman–Crippen MR) is 77.9 cm³/mol. The molecule has 4 heteroatoms. The number of hydrogen-bond acceptors (Lipinski definition) is 3. The van der Waals surface area contributed by atoms with E-state index in [4.69, 9.17) is 0 Å². The summed E-state index contributed by atoms with van der Waals surface area (Å²) >= 11 is 1.61. The van der Waals surface area contributed by atoms with Crippen molar-refractivity contribution in [1.82, 2.24) is 5.32 Å². The van der Waals surface area contributed by atoms with Crippen molar-refractivity contribution in [1.29, 1.82) is 0 Å². The van der Waals surface area contributed by atoms with Crippen LogP contribution >= 0.6 is 11.8 Å². The fourth-order valence-corrected chi connectivity index (χ4v) is 3.19. The Balaban J connectivity index is 2.14. The summed E-state index contributed by atoms with van der Waals surface area (Å²) in [6.07, 6.45) is 1.53. The number of amides is 1. The van der Waals surface area contributed by atoms with E-state index in [9.17, 15) is 9.59 Å². The minimum Gasteiger partial charge on any atom is -0.352 e. The lowest BCUT2D eigenvalue weighted by Gasteiger charge is -2.17. The van der Waals surface area contributed by atoms with Crippen molar-refractivity contribution in [3.05, 3.63) is 29.3 Å². The van der Waals surface area contributed by atoms with Crippen molar-refractivity contribution in [3.8, 4) is 0 Å². The average Bonchev–Trinajstić information content (AvgIpc) is 2.38. The molecule has 2 rings (SSSR count). The number of nitrogens with one attached hydrogen (secondary N) is 1. The van der Waals surface area contributed by atoms with Crippen molar-refractivity contribution in [3.63, 3.8) is 0 Å². The highest BCUT2D eigenvalue weighted by atomic mass is 32.2. The van der Waals surface area contributed by atoms with Crippen molar-refractivity contribution >= 4 is 23.5 Å². The number of benzene rings is 1. The van der Waals surface area contributed by atoms with Crippen LogP contribution in [0.15, 0.2) is 23.1 Å². The molecule has 0 radical (unpaired) electrons. The summed E-state index contributed by atoms with van der Waals surface area (Å²) < 4.78 is 0. The first-order chi connectivity index (χ1) is 9.09. The highest BCUT2D eigenvalue weighted by molar-refractivity contribution is 7.99. The van der Waals surface area contributed by atoms with Gasteiger partial charge in [0.2, 0.25) is 0 Å². The Hall–Kier alpha value is -1.29. The van der Waals surface area contributed by atoms with Crippen LogP contribution in [0.2, 0.25) is 0 Å². The molecule has 0 bridgehead atoms. The van der Waals surface area contributed by atoms with Gasteiger partial charge in [0.05, 0.1) is 5.56 Å². The van der Waals surface area contributed by atoms with E-state index in [2.05, 4.69) is 19.2 Å². The number of Topliss-reactive ketones (excluding diaryl/α,β-unsaturated/α-hetero) is 1. The zero-order chi connectivity index (χ0) is 13.8. The van der Waals surface area contributed by atoms with Gasteiger partial charge in [-0.05, 0) is 18.4 Å². The highest BCUT2D eigenvalue weighted by Crippen LogP contribution is 2.32. The molecule has 1 aromatic rings. The standard InChI is InChI=1S/C15H19NO2S/c1-10(2)6-8-16-15(18)12-5-3-4-11-13(17)7-9-19-14(11)12/h3-5,10H,6-9H2,1-2H3,(H,16,18). The summed E-state index contributed by atoms with van der Waals surface area (Å²) in [4.78, 5) is 24.8. The van der Waals surface area contributed by atoms with E-state index in [1.807, 2.05) is 6.07 Å². The van der Waals surface area contributed by atoms with Crippen LogP contribution in [-0.2, 0) is 0 Å². The molecule has 0 aliphatic carbocycles. The van der Waals surface area contributed by atoms with E-state index in [-0.39, 0.29) is 11.7 Å². The minimum atomic E-state index is -0.0697. The number of hydrogen-bond donors (Lipinski definition) is 1. The van der Waals surface area contributed by atoms with E-state index in [1.54, 1.807) is 23.9 Å². The van der Waals surface area contributed by atoms with E-state index in [1.165, 1.54) is 0 Å². The van der Waals surface area contributed by atoms with Crippen molar-refractivity contribution in [2.45, 2.75) is 31.6 Å². The smallest absolute Gasteiger partial charge is 0.252 e.